The van der Waals surface area contributed by atoms with Gasteiger partial charge in [-0.25, -0.2) is 0 Å². The number of hydrogen-bond donors (Lipinski definition) is 0. The van der Waals surface area contributed by atoms with E-state index in [0.29, 0.717) is 5.56 Å². The molecule has 0 amide bonds. The molecule has 0 bridgehead atoms. The second kappa shape index (κ2) is 10.6. The van der Waals surface area contributed by atoms with E-state index in [9.17, 15) is 4.79 Å². The SMILES string of the molecule is COc1ccc(-c2ccc(C(=O)C=P(c3ccccc3)(c3ccccc3)c3ccccc3)cc2)cc1. The zero-order valence-electron chi connectivity index (χ0n) is 20.1. The highest BCUT2D eigenvalue weighted by Crippen LogP contribution is 2.43. The summed E-state index contributed by atoms with van der Waals surface area (Å²) in [4.78, 5) is 13.9. The molecule has 0 saturated carbocycles. The van der Waals surface area contributed by atoms with Crippen molar-refractivity contribution in [2.45, 2.75) is 0 Å². The summed E-state index contributed by atoms with van der Waals surface area (Å²) in [5.41, 5.74) is 2.82. The zero-order valence-corrected chi connectivity index (χ0v) is 21.0. The molecule has 0 spiro atoms. The third-order valence-electron chi connectivity index (χ3n) is 6.39. The van der Waals surface area contributed by atoms with Crippen LogP contribution >= 0.6 is 6.89 Å². The number of Topliss-reactive ketones (excluding diaryl/α,β-unsaturated/α-hetero) is 1. The van der Waals surface area contributed by atoms with Crippen molar-refractivity contribution in [1.82, 2.24) is 0 Å². The summed E-state index contributed by atoms with van der Waals surface area (Å²) in [6.07, 6.45) is 0. The maximum absolute atomic E-state index is 13.9. The van der Waals surface area contributed by atoms with Gasteiger partial charge in [0.25, 0.3) is 0 Å². The Morgan fingerprint density at radius 3 is 1.33 bits per heavy atom. The summed E-state index contributed by atoms with van der Waals surface area (Å²) in [6.45, 7) is -2.34. The second-order valence-electron chi connectivity index (χ2n) is 8.53. The van der Waals surface area contributed by atoms with Gasteiger partial charge >= 0.3 is 0 Å². The van der Waals surface area contributed by atoms with Crippen LogP contribution in [0.5, 0.6) is 5.75 Å². The molecule has 0 radical (unpaired) electrons. The predicted octanol–water partition coefficient (Wildman–Crippen LogP) is 6.34. The van der Waals surface area contributed by atoms with Crippen LogP contribution in [-0.4, -0.2) is 18.7 Å². The smallest absolute Gasteiger partial charge is 0.186 e. The van der Waals surface area contributed by atoms with Crippen LogP contribution in [-0.2, 0) is 0 Å². The number of hydrogen-bond acceptors (Lipinski definition) is 2. The van der Waals surface area contributed by atoms with E-state index < -0.39 is 6.89 Å². The molecule has 0 aliphatic rings. The molecular formula is C33H27O2P. The van der Waals surface area contributed by atoms with Gasteiger partial charge in [0.15, 0.2) is 5.78 Å². The van der Waals surface area contributed by atoms with Gasteiger partial charge in [0.05, 0.1) is 7.11 Å². The Hall–Kier alpha value is -4.13. The molecule has 5 rings (SSSR count). The monoisotopic (exact) mass is 486 g/mol. The molecule has 0 saturated heterocycles. The predicted molar refractivity (Wildman–Crippen MR) is 154 cm³/mol. The van der Waals surface area contributed by atoms with Crippen molar-refractivity contribution < 1.29 is 9.53 Å². The number of methoxy groups -OCH3 is 1. The molecule has 0 atom stereocenters. The Morgan fingerprint density at radius 1 is 0.556 bits per heavy atom. The van der Waals surface area contributed by atoms with E-state index in [1.54, 1.807) is 7.11 Å². The Morgan fingerprint density at radius 2 is 0.944 bits per heavy atom. The largest absolute Gasteiger partial charge is 0.497 e. The van der Waals surface area contributed by atoms with Gasteiger partial charge in [-0.15, -0.1) is 0 Å². The normalized spacial score (nSPS) is 11.0. The molecule has 0 heterocycles. The second-order valence-corrected chi connectivity index (χ2v) is 11.8. The quantitative estimate of drug-likeness (QED) is 0.198. The first-order valence-corrected chi connectivity index (χ1v) is 13.8. The Bertz CT molecular complexity index is 1390. The Balaban J connectivity index is 1.64. The van der Waals surface area contributed by atoms with Crippen LogP contribution < -0.4 is 20.7 Å². The summed E-state index contributed by atoms with van der Waals surface area (Å²) < 4.78 is 5.27. The molecule has 5 aromatic rings. The molecule has 5 aromatic carbocycles. The lowest BCUT2D eigenvalue weighted by atomic mass is 10.0. The van der Waals surface area contributed by atoms with Crippen molar-refractivity contribution in [1.29, 1.82) is 0 Å². The Kier molecular flexibility index (Phi) is 6.98. The van der Waals surface area contributed by atoms with Crippen LogP contribution in [0.3, 0.4) is 0 Å². The van der Waals surface area contributed by atoms with Gasteiger partial charge in [-0.1, -0.05) is 127 Å². The van der Waals surface area contributed by atoms with Crippen molar-refractivity contribution in [3.05, 3.63) is 145 Å². The lowest BCUT2D eigenvalue weighted by Gasteiger charge is -2.28. The maximum Gasteiger partial charge on any atom is 0.186 e. The molecule has 0 aliphatic carbocycles. The summed E-state index contributed by atoms with van der Waals surface area (Å²) in [7, 11) is 1.66. The molecule has 0 fully saturated rings. The Labute approximate surface area is 212 Å². The molecule has 0 aromatic heterocycles. The van der Waals surface area contributed by atoms with Crippen LogP contribution in [0.2, 0.25) is 0 Å². The van der Waals surface area contributed by atoms with Crippen LogP contribution in [0.15, 0.2) is 140 Å². The van der Waals surface area contributed by atoms with E-state index in [1.165, 1.54) is 0 Å². The van der Waals surface area contributed by atoms with Gasteiger partial charge in [-0.05, 0) is 51.9 Å². The number of ether oxygens (including phenoxy) is 1. The first-order chi connectivity index (χ1) is 17.7. The van der Waals surface area contributed by atoms with E-state index in [0.717, 1.165) is 32.8 Å². The van der Waals surface area contributed by atoms with Crippen molar-refractivity contribution in [3.8, 4) is 16.9 Å². The summed E-state index contributed by atoms with van der Waals surface area (Å²) in [6, 6.07) is 47.1. The highest BCUT2D eigenvalue weighted by molar-refractivity contribution is 7.95. The molecule has 0 aliphatic heterocycles. The standard InChI is InChI=1S/C33H27O2P/c1-35-29-23-21-27(22-24-29)26-17-19-28(20-18-26)33(34)25-36(30-11-5-2-6-12-30,31-13-7-3-8-14-31)32-15-9-4-10-16-32/h2-25H,1H3. The van der Waals surface area contributed by atoms with Gasteiger partial charge in [0, 0.05) is 5.56 Å². The number of carbonyl (C=O) groups excluding carboxylic acids is 1. The van der Waals surface area contributed by atoms with Crippen molar-refractivity contribution in [3.63, 3.8) is 0 Å². The van der Waals surface area contributed by atoms with E-state index in [-0.39, 0.29) is 5.78 Å². The topological polar surface area (TPSA) is 26.3 Å². The van der Waals surface area contributed by atoms with Crippen molar-refractivity contribution >= 4 is 34.4 Å². The third-order valence-corrected chi connectivity index (χ3v) is 10.4. The van der Waals surface area contributed by atoms with E-state index in [2.05, 4.69) is 72.8 Å². The minimum absolute atomic E-state index is 0.0289. The highest BCUT2D eigenvalue weighted by atomic mass is 31.2. The molecule has 36 heavy (non-hydrogen) atoms. The summed E-state index contributed by atoms with van der Waals surface area (Å²) in [5.74, 6) is 2.83. The lowest BCUT2D eigenvalue weighted by molar-refractivity contribution is 0.107. The van der Waals surface area contributed by atoms with Gasteiger partial charge in [-0.3, -0.25) is 4.79 Å². The first-order valence-electron chi connectivity index (χ1n) is 11.9. The highest BCUT2D eigenvalue weighted by Gasteiger charge is 2.26. The molecule has 2 nitrogen and oxygen atoms in total. The first kappa shape index (κ1) is 23.6. The third kappa shape index (κ3) is 4.69. The maximum atomic E-state index is 13.9. The molecule has 0 unspecified atom stereocenters. The molecular weight excluding hydrogens is 459 g/mol. The van der Waals surface area contributed by atoms with E-state index in [1.807, 2.05) is 72.5 Å². The lowest BCUT2D eigenvalue weighted by Crippen LogP contribution is -2.28. The number of ketones is 1. The summed E-state index contributed by atoms with van der Waals surface area (Å²) in [5, 5.41) is 3.47. The van der Waals surface area contributed by atoms with Crippen LogP contribution in [0.25, 0.3) is 11.1 Å². The molecule has 176 valence electrons. The summed E-state index contributed by atoms with van der Waals surface area (Å²) >= 11 is 0. The number of rotatable bonds is 7. The minimum atomic E-state index is -2.34. The molecule has 0 N–H and O–H groups in total. The van der Waals surface area contributed by atoms with Gasteiger partial charge in [0.1, 0.15) is 5.75 Å². The molecule has 3 heteroatoms. The fraction of sp³-hybridized carbons (Fsp3) is 0.0303. The number of benzene rings is 5. The van der Waals surface area contributed by atoms with Gasteiger partial charge < -0.3 is 4.74 Å². The van der Waals surface area contributed by atoms with E-state index in [4.69, 9.17) is 4.74 Å². The fourth-order valence-corrected chi connectivity index (χ4v) is 8.29. The zero-order chi connectivity index (χ0) is 24.8. The van der Waals surface area contributed by atoms with Gasteiger partial charge in [-0.2, -0.15) is 0 Å². The average molecular weight is 487 g/mol. The van der Waals surface area contributed by atoms with Crippen molar-refractivity contribution in [2.75, 3.05) is 7.11 Å². The van der Waals surface area contributed by atoms with Gasteiger partial charge in [0.2, 0.25) is 0 Å². The number of carbonyl (C=O) groups is 1. The van der Waals surface area contributed by atoms with E-state index >= 15 is 0 Å². The fourth-order valence-electron chi connectivity index (χ4n) is 4.52. The van der Waals surface area contributed by atoms with Crippen LogP contribution in [0, 0.1) is 0 Å². The van der Waals surface area contributed by atoms with Crippen LogP contribution in [0.1, 0.15) is 10.4 Å². The average Bonchev–Trinajstić information content (AvgIpc) is 2.97. The minimum Gasteiger partial charge on any atom is -0.497 e. The van der Waals surface area contributed by atoms with Crippen LogP contribution in [0.4, 0.5) is 0 Å². The van der Waals surface area contributed by atoms with Crippen molar-refractivity contribution in [2.24, 2.45) is 0 Å².